The monoisotopic (exact) mass is 435 g/mol. The van der Waals surface area contributed by atoms with E-state index in [0.29, 0.717) is 37.5 Å². The molecule has 1 aliphatic carbocycles. The Hall–Kier alpha value is -1.64. The third kappa shape index (κ3) is 4.81. The van der Waals surface area contributed by atoms with Gasteiger partial charge in [0.15, 0.2) is 0 Å². The average molecular weight is 436 g/mol. The standard InChI is InChI=1S/C22H33N3O4S/c1-29-20-9-8-19(16-21(20)30(27,28)25-10-4-2-3-5-11-25)22(26)24-14-12-23(13-15-24)17-18-6-7-18/h8-9,16,18H,2-7,10-15,17H2,1H3. The van der Waals surface area contributed by atoms with Gasteiger partial charge in [0, 0.05) is 51.4 Å². The van der Waals surface area contributed by atoms with E-state index in [-0.39, 0.29) is 10.8 Å². The topological polar surface area (TPSA) is 70.2 Å². The molecule has 3 fully saturated rings. The number of hydrogen-bond acceptors (Lipinski definition) is 5. The lowest BCUT2D eigenvalue weighted by Crippen LogP contribution is -2.49. The summed E-state index contributed by atoms with van der Waals surface area (Å²) >= 11 is 0. The Morgan fingerprint density at radius 1 is 1.00 bits per heavy atom. The van der Waals surface area contributed by atoms with Gasteiger partial charge in [0.25, 0.3) is 5.91 Å². The van der Waals surface area contributed by atoms with Crippen LogP contribution < -0.4 is 4.74 Å². The molecule has 0 atom stereocenters. The normalized spacial score (nSPS) is 22.0. The number of hydrogen-bond donors (Lipinski definition) is 0. The van der Waals surface area contributed by atoms with Crippen LogP contribution in [0, 0.1) is 5.92 Å². The third-order valence-electron chi connectivity index (χ3n) is 6.47. The number of amides is 1. The van der Waals surface area contributed by atoms with Gasteiger partial charge in [-0.2, -0.15) is 4.31 Å². The molecule has 4 rings (SSSR count). The zero-order chi connectivity index (χ0) is 21.1. The van der Waals surface area contributed by atoms with Crippen molar-refractivity contribution in [2.45, 2.75) is 43.4 Å². The third-order valence-corrected chi connectivity index (χ3v) is 8.39. The molecule has 1 saturated carbocycles. The van der Waals surface area contributed by atoms with Gasteiger partial charge in [-0.25, -0.2) is 8.42 Å². The molecule has 3 aliphatic rings. The van der Waals surface area contributed by atoms with Gasteiger partial charge in [0.05, 0.1) is 7.11 Å². The number of methoxy groups -OCH3 is 1. The van der Waals surface area contributed by atoms with Gasteiger partial charge in [0.1, 0.15) is 10.6 Å². The SMILES string of the molecule is COc1ccc(C(=O)N2CCN(CC3CC3)CC2)cc1S(=O)(=O)N1CCCCCC1. The summed E-state index contributed by atoms with van der Waals surface area (Å²) in [4.78, 5) is 17.5. The number of benzene rings is 1. The predicted molar refractivity (Wildman–Crippen MR) is 115 cm³/mol. The van der Waals surface area contributed by atoms with Crippen LogP contribution in [0.25, 0.3) is 0 Å². The Labute approximate surface area is 180 Å². The number of ether oxygens (including phenoxy) is 1. The summed E-state index contributed by atoms with van der Waals surface area (Å²) in [6.45, 7) is 5.33. The van der Waals surface area contributed by atoms with Crippen molar-refractivity contribution in [3.63, 3.8) is 0 Å². The molecule has 0 bridgehead atoms. The summed E-state index contributed by atoms with van der Waals surface area (Å²) < 4.78 is 33.6. The zero-order valence-electron chi connectivity index (χ0n) is 17.9. The van der Waals surface area contributed by atoms with Crippen molar-refractivity contribution in [2.75, 3.05) is 52.9 Å². The van der Waals surface area contributed by atoms with Gasteiger partial charge < -0.3 is 9.64 Å². The Balaban J connectivity index is 1.51. The molecule has 2 heterocycles. The van der Waals surface area contributed by atoms with Gasteiger partial charge in [-0.3, -0.25) is 9.69 Å². The fraction of sp³-hybridized carbons (Fsp3) is 0.682. The minimum atomic E-state index is -3.70. The van der Waals surface area contributed by atoms with Crippen molar-refractivity contribution < 1.29 is 17.9 Å². The fourth-order valence-electron chi connectivity index (χ4n) is 4.41. The molecule has 166 valence electrons. The molecule has 30 heavy (non-hydrogen) atoms. The molecule has 8 heteroatoms. The van der Waals surface area contributed by atoms with E-state index in [1.807, 2.05) is 4.90 Å². The summed E-state index contributed by atoms with van der Waals surface area (Å²) in [5.41, 5.74) is 0.417. The Bertz CT molecular complexity index is 853. The van der Waals surface area contributed by atoms with Crippen molar-refractivity contribution in [1.82, 2.24) is 14.1 Å². The van der Waals surface area contributed by atoms with Crippen LogP contribution in [0.15, 0.2) is 23.1 Å². The molecule has 1 aromatic carbocycles. The zero-order valence-corrected chi connectivity index (χ0v) is 18.7. The molecule has 7 nitrogen and oxygen atoms in total. The second-order valence-electron chi connectivity index (χ2n) is 8.72. The molecule has 2 aliphatic heterocycles. The van der Waals surface area contributed by atoms with Crippen LogP contribution in [0.3, 0.4) is 0 Å². The lowest BCUT2D eigenvalue weighted by atomic mass is 10.1. The smallest absolute Gasteiger partial charge is 0.253 e. The quantitative estimate of drug-likeness (QED) is 0.686. The van der Waals surface area contributed by atoms with E-state index in [0.717, 1.165) is 51.2 Å². The van der Waals surface area contributed by atoms with Crippen molar-refractivity contribution >= 4 is 15.9 Å². The molecule has 0 spiro atoms. The Morgan fingerprint density at radius 3 is 2.27 bits per heavy atom. The first kappa shape index (κ1) is 21.6. The number of rotatable bonds is 6. The van der Waals surface area contributed by atoms with Crippen molar-refractivity contribution in [1.29, 1.82) is 0 Å². The first-order valence-corrected chi connectivity index (χ1v) is 12.6. The first-order valence-electron chi connectivity index (χ1n) is 11.2. The molecule has 0 aromatic heterocycles. The van der Waals surface area contributed by atoms with E-state index in [1.54, 1.807) is 16.4 Å². The lowest BCUT2D eigenvalue weighted by Gasteiger charge is -2.35. The Kier molecular flexibility index (Phi) is 6.65. The van der Waals surface area contributed by atoms with Gasteiger partial charge in [-0.05, 0) is 49.8 Å². The summed E-state index contributed by atoms with van der Waals surface area (Å²) in [5, 5.41) is 0. The second-order valence-corrected chi connectivity index (χ2v) is 10.6. The molecule has 0 N–H and O–H groups in total. The van der Waals surface area contributed by atoms with E-state index in [2.05, 4.69) is 4.90 Å². The molecular formula is C22H33N3O4S. The Morgan fingerprint density at radius 2 is 1.67 bits per heavy atom. The molecule has 0 unspecified atom stereocenters. The van der Waals surface area contributed by atoms with Crippen LogP contribution in [-0.4, -0.2) is 81.4 Å². The lowest BCUT2D eigenvalue weighted by molar-refractivity contribution is 0.0631. The number of carbonyl (C=O) groups excluding carboxylic acids is 1. The maximum absolute atomic E-state index is 13.3. The van der Waals surface area contributed by atoms with E-state index in [1.165, 1.54) is 26.0 Å². The largest absolute Gasteiger partial charge is 0.495 e. The molecule has 1 amide bonds. The van der Waals surface area contributed by atoms with Crippen LogP contribution in [0.1, 0.15) is 48.9 Å². The van der Waals surface area contributed by atoms with Crippen LogP contribution >= 0.6 is 0 Å². The van der Waals surface area contributed by atoms with E-state index >= 15 is 0 Å². The van der Waals surface area contributed by atoms with E-state index in [9.17, 15) is 13.2 Å². The van der Waals surface area contributed by atoms with Crippen LogP contribution in [0.4, 0.5) is 0 Å². The minimum Gasteiger partial charge on any atom is -0.495 e. The highest BCUT2D eigenvalue weighted by molar-refractivity contribution is 7.89. The summed E-state index contributed by atoms with van der Waals surface area (Å²) in [7, 11) is -2.23. The van der Waals surface area contributed by atoms with Crippen LogP contribution in [0.2, 0.25) is 0 Å². The van der Waals surface area contributed by atoms with Gasteiger partial charge in [0.2, 0.25) is 10.0 Å². The summed E-state index contributed by atoms with van der Waals surface area (Å²) in [6.07, 6.45) is 6.50. The maximum Gasteiger partial charge on any atom is 0.253 e. The minimum absolute atomic E-state index is 0.101. The highest BCUT2D eigenvalue weighted by atomic mass is 32.2. The average Bonchev–Trinajstić information content (AvgIpc) is 3.60. The highest BCUT2D eigenvalue weighted by Gasteiger charge is 2.31. The summed E-state index contributed by atoms with van der Waals surface area (Å²) in [5.74, 6) is 1.04. The van der Waals surface area contributed by atoms with E-state index in [4.69, 9.17) is 4.74 Å². The molecule has 0 radical (unpaired) electrons. The number of piperazine rings is 1. The van der Waals surface area contributed by atoms with Crippen LogP contribution in [-0.2, 0) is 10.0 Å². The van der Waals surface area contributed by atoms with Crippen LogP contribution in [0.5, 0.6) is 5.75 Å². The van der Waals surface area contributed by atoms with Gasteiger partial charge in [-0.15, -0.1) is 0 Å². The van der Waals surface area contributed by atoms with E-state index < -0.39 is 10.0 Å². The predicted octanol–water partition coefficient (Wildman–Crippen LogP) is 2.43. The number of sulfonamides is 1. The second kappa shape index (κ2) is 9.24. The number of carbonyl (C=O) groups is 1. The van der Waals surface area contributed by atoms with Gasteiger partial charge in [-0.1, -0.05) is 12.8 Å². The fourth-order valence-corrected chi connectivity index (χ4v) is 6.11. The molecule has 2 saturated heterocycles. The number of nitrogens with zero attached hydrogens (tertiary/aromatic N) is 3. The molecule has 1 aromatic rings. The highest BCUT2D eigenvalue weighted by Crippen LogP contribution is 2.31. The molecular weight excluding hydrogens is 402 g/mol. The summed E-state index contributed by atoms with van der Waals surface area (Å²) in [6, 6.07) is 4.80. The van der Waals surface area contributed by atoms with Crippen molar-refractivity contribution in [3.05, 3.63) is 23.8 Å². The van der Waals surface area contributed by atoms with Crippen molar-refractivity contribution in [3.8, 4) is 5.75 Å². The first-order chi connectivity index (χ1) is 14.5. The maximum atomic E-state index is 13.3. The van der Waals surface area contributed by atoms with Crippen molar-refractivity contribution in [2.24, 2.45) is 5.92 Å². The van der Waals surface area contributed by atoms with Gasteiger partial charge >= 0.3 is 0 Å².